The Morgan fingerprint density at radius 1 is 0.900 bits per heavy atom. The van der Waals surface area contributed by atoms with Gasteiger partial charge in [0.2, 0.25) is 0 Å². The van der Waals surface area contributed by atoms with E-state index in [1.54, 1.807) is 30.3 Å². The molecule has 3 nitrogen and oxygen atoms in total. The second kappa shape index (κ2) is 6.06. The van der Waals surface area contributed by atoms with Crippen LogP contribution in [-0.2, 0) is 0 Å². The minimum atomic E-state index is -1.10. The zero-order valence-electron chi connectivity index (χ0n) is 10.4. The van der Waals surface area contributed by atoms with Crippen LogP contribution in [-0.4, -0.2) is 18.2 Å². The molecule has 0 bridgehead atoms. The van der Waals surface area contributed by atoms with Crippen LogP contribution in [0.15, 0.2) is 48.5 Å². The molecule has 0 saturated carbocycles. The highest BCUT2D eigenvalue weighted by Gasteiger charge is 2.11. The molecule has 0 atom stereocenters. The van der Waals surface area contributed by atoms with Crippen LogP contribution in [0.2, 0.25) is 0 Å². The largest absolute Gasteiger partial charge is 0.345 e. The Hall–Kier alpha value is -2.56. The summed E-state index contributed by atoms with van der Waals surface area (Å²) in [6.07, 6.45) is 0. The Bertz CT molecular complexity index is 642. The normalized spacial score (nSPS) is 10.1. The molecule has 102 valence electrons. The molecule has 2 aromatic carbocycles. The number of carbonyl (C=O) groups is 2. The average molecular weight is 275 g/mol. The highest BCUT2D eigenvalue weighted by atomic mass is 19.2. The van der Waals surface area contributed by atoms with Crippen molar-refractivity contribution >= 4 is 11.7 Å². The summed E-state index contributed by atoms with van der Waals surface area (Å²) < 4.78 is 25.7. The van der Waals surface area contributed by atoms with Gasteiger partial charge in [-0.15, -0.1) is 0 Å². The molecule has 0 heterocycles. The summed E-state index contributed by atoms with van der Waals surface area (Å²) in [7, 11) is 0. The van der Waals surface area contributed by atoms with Gasteiger partial charge in [-0.1, -0.05) is 30.3 Å². The number of carbonyl (C=O) groups excluding carboxylic acids is 2. The number of halogens is 2. The van der Waals surface area contributed by atoms with Crippen molar-refractivity contribution in [2.45, 2.75) is 0 Å². The van der Waals surface area contributed by atoms with Crippen LogP contribution >= 0.6 is 0 Å². The number of benzene rings is 2. The predicted octanol–water partition coefficient (Wildman–Crippen LogP) is 2.58. The van der Waals surface area contributed by atoms with E-state index >= 15 is 0 Å². The van der Waals surface area contributed by atoms with Gasteiger partial charge in [0.1, 0.15) is 0 Å². The molecule has 0 aromatic heterocycles. The first-order valence-electron chi connectivity index (χ1n) is 5.89. The zero-order valence-corrected chi connectivity index (χ0v) is 10.4. The Kier molecular flexibility index (Phi) is 4.20. The number of amides is 1. The lowest BCUT2D eigenvalue weighted by Gasteiger charge is -2.05. The second-order valence-corrected chi connectivity index (χ2v) is 4.10. The van der Waals surface area contributed by atoms with E-state index in [9.17, 15) is 18.4 Å². The minimum absolute atomic E-state index is 0.0373. The quantitative estimate of drug-likeness (QED) is 0.872. The monoisotopic (exact) mass is 275 g/mol. The lowest BCUT2D eigenvalue weighted by molar-refractivity contribution is 0.0904. The molecular weight excluding hydrogens is 264 g/mol. The van der Waals surface area contributed by atoms with Gasteiger partial charge in [-0.2, -0.15) is 0 Å². The van der Waals surface area contributed by atoms with Crippen molar-refractivity contribution in [3.63, 3.8) is 0 Å². The standard InChI is InChI=1S/C15H11F2NO2/c16-12-7-6-11(8-13(12)17)15(20)18-9-14(19)10-4-2-1-3-5-10/h1-8H,9H2,(H,18,20). The molecule has 0 fully saturated rings. The third-order valence-electron chi connectivity index (χ3n) is 2.69. The van der Waals surface area contributed by atoms with Crippen molar-refractivity contribution in [2.24, 2.45) is 0 Å². The maximum atomic E-state index is 13.0. The van der Waals surface area contributed by atoms with E-state index in [1.807, 2.05) is 0 Å². The molecule has 0 aliphatic rings. The van der Waals surface area contributed by atoms with Crippen LogP contribution in [0.1, 0.15) is 20.7 Å². The fraction of sp³-hybridized carbons (Fsp3) is 0.0667. The van der Waals surface area contributed by atoms with E-state index < -0.39 is 17.5 Å². The first-order chi connectivity index (χ1) is 9.58. The first-order valence-corrected chi connectivity index (χ1v) is 5.89. The minimum Gasteiger partial charge on any atom is -0.345 e. The van der Waals surface area contributed by atoms with Crippen LogP contribution in [0.25, 0.3) is 0 Å². The van der Waals surface area contributed by atoms with Crippen LogP contribution in [0.5, 0.6) is 0 Å². The Balaban J connectivity index is 1.98. The molecular formula is C15H11F2NO2. The second-order valence-electron chi connectivity index (χ2n) is 4.10. The van der Waals surface area contributed by atoms with Gasteiger partial charge in [-0.05, 0) is 18.2 Å². The van der Waals surface area contributed by atoms with Gasteiger partial charge >= 0.3 is 0 Å². The highest BCUT2D eigenvalue weighted by Crippen LogP contribution is 2.08. The van der Waals surface area contributed by atoms with Crippen LogP contribution in [0.3, 0.4) is 0 Å². The number of Topliss-reactive ketones (excluding diaryl/α,β-unsaturated/α-hetero) is 1. The van der Waals surface area contributed by atoms with Crippen LogP contribution in [0, 0.1) is 11.6 Å². The number of nitrogens with one attached hydrogen (secondary N) is 1. The van der Waals surface area contributed by atoms with Gasteiger partial charge < -0.3 is 5.32 Å². The van der Waals surface area contributed by atoms with Gasteiger partial charge in [-0.25, -0.2) is 8.78 Å². The van der Waals surface area contributed by atoms with E-state index in [4.69, 9.17) is 0 Å². The molecule has 2 rings (SSSR count). The van der Waals surface area contributed by atoms with Crippen molar-refractivity contribution in [3.05, 3.63) is 71.3 Å². The lowest BCUT2D eigenvalue weighted by atomic mass is 10.1. The Labute approximate surface area is 114 Å². The van der Waals surface area contributed by atoms with Gasteiger partial charge in [-0.3, -0.25) is 9.59 Å². The van der Waals surface area contributed by atoms with E-state index in [0.29, 0.717) is 5.56 Å². The number of rotatable bonds is 4. The molecule has 2 aromatic rings. The number of hydrogen-bond acceptors (Lipinski definition) is 2. The summed E-state index contributed by atoms with van der Waals surface area (Å²) in [6.45, 7) is -0.207. The summed E-state index contributed by atoms with van der Waals surface area (Å²) in [5.41, 5.74) is 0.433. The zero-order chi connectivity index (χ0) is 14.5. The average Bonchev–Trinajstić information content (AvgIpc) is 2.48. The van der Waals surface area contributed by atoms with Crippen LogP contribution < -0.4 is 5.32 Å². The van der Waals surface area contributed by atoms with Crippen molar-refractivity contribution in [2.75, 3.05) is 6.54 Å². The summed E-state index contributed by atoms with van der Waals surface area (Å²) in [5, 5.41) is 2.37. The third-order valence-corrected chi connectivity index (χ3v) is 2.69. The number of hydrogen-bond donors (Lipinski definition) is 1. The van der Waals surface area contributed by atoms with E-state index in [1.165, 1.54) is 0 Å². The first kappa shape index (κ1) is 13.9. The summed E-state index contributed by atoms with van der Waals surface area (Å²) >= 11 is 0. The smallest absolute Gasteiger partial charge is 0.251 e. The highest BCUT2D eigenvalue weighted by molar-refractivity contribution is 6.02. The maximum Gasteiger partial charge on any atom is 0.251 e. The fourth-order valence-corrected chi connectivity index (χ4v) is 1.63. The van der Waals surface area contributed by atoms with Crippen molar-refractivity contribution < 1.29 is 18.4 Å². The van der Waals surface area contributed by atoms with E-state index in [0.717, 1.165) is 18.2 Å². The molecule has 5 heteroatoms. The Morgan fingerprint density at radius 2 is 1.60 bits per heavy atom. The van der Waals surface area contributed by atoms with Crippen molar-refractivity contribution in [3.8, 4) is 0 Å². The fourth-order valence-electron chi connectivity index (χ4n) is 1.63. The topological polar surface area (TPSA) is 46.2 Å². The maximum absolute atomic E-state index is 13.0. The third kappa shape index (κ3) is 3.26. The van der Waals surface area contributed by atoms with E-state index in [-0.39, 0.29) is 17.9 Å². The molecule has 1 N–H and O–H groups in total. The van der Waals surface area contributed by atoms with Crippen molar-refractivity contribution in [1.29, 1.82) is 0 Å². The molecule has 0 aliphatic carbocycles. The molecule has 0 aliphatic heterocycles. The van der Waals surface area contributed by atoms with Gasteiger partial charge in [0, 0.05) is 11.1 Å². The molecule has 20 heavy (non-hydrogen) atoms. The van der Waals surface area contributed by atoms with Gasteiger partial charge in [0.25, 0.3) is 5.91 Å². The summed E-state index contributed by atoms with van der Waals surface area (Å²) in [4.78, 5) is 23.4. The lowest BCUT2D eigenvalue weighted by Crippen LogP contribution is -2.29. The van der Waals surface area contributed by atoms with E-state index in [2.05, 4.69) is 5.32 Å². The van der Waals surface area contributed by atoms with Gasteiger partial charge in [0.05, 0.1) is 6.54 Å². The SMILES string of the molecule is O=C(CNC(=O)c1ccc(F)c(F)c1)c1ccccc1. The van der Waals surface area contributed by atoms with Gasteiger partial charge in [0.15, 0.2) is 17.4 Å². The molecule has 0 unspecified atom stereocenters. The molecule has 0 radical (unpaired) electrons. The predicted molar refractivity (Wildman–Crippen MR) is 69.5 cm³/mol. The van der Waals surface area contributed by atoms with Crippen LogP contribution in [0.4, 0.5) is 8.78 Å². The Morgan fingerprint density at radius 3 is 2.25 bits per heavy atom. The summed E-state index contributed by atoms with van der Waals surface area (Å²) in [5.74, 6) is -3.02. The summed E-state index contributed by atoms with van der Waals surface area (Å²) in [6, 6.07) is 11.3. The molecule has 0 saturated heterocycles. The molecule has 0 spiro atoms. The number of ketones is 1. The van der Waals surface area contributed by atoms with Crippen molar-refractivity contribution in [1.82, 2.24) is 5.32 Å². The molecule has 1 amide bonds.